The predicted molar refractivity (Wildman–Crippen MR) is 71.5 cm³/mol. The van der Waals surface area contributed by atoms with E-state index in [1.165, 1.54) is 0 Å². The number of ether oxygens (including phenoxy) is 1. The lowest BCUT2D eigenvalue weighted by Crippen LogP contribution is -2.00. The molecule has 5 nitrogen and oxygen atoms in total. The number of rotatable bonds is 3. The first-order valence-corrected chi connectivity index (χ1v) is 5.88. The molecule has 0 bridgehead atoms. The van der Waals surface area contributed by atoms with Crippen LogP contribution in [0.3, 0.4) is 0 Å². The Labute approximate surface area is 107 Å². The maximum absolute atomic E-state index is 6.07. The van der Waals surface area contributed by atoms with Gasteiger partial charge in [0, 0.05) is 18.8 Å². The fraction of sp³-hybridized carbons (Fsp3) is 0.385. The van der Waals surface area contributed by atoms with Crippen LogP contribution in [0.25, 0.3) is 11.3 Å². The van der Waals surface area contributed by atoms with E-state index >= 15 is 0 Å². The molecule has 18 heavy (non-hydrogen) atoms. The van der Waals surface area contributed by atoms with E-state index < -0.39 is 0 Å². The van der Waals surface area contributed by atoms with Gasteiger partial charge in [0.05, 0.1) is 12.7 Å². The number of aryl methyl sites for hydroxylation is 1. The van der Waals surface area contributed by atoms with Crippen molar-refractivity contribution in [2.24, 2.45) is 7.05 Å². The smallest absolute Gasteiger partial charge is 0.222 e. The van der Waals surface area contributed by atoms with Crippen molar-refractivity contribution < 1.29 is 4.74 Å². The molecule has 0 amide bonds. The van der Waals surface area contributed by atoms with Crippen LogP contribution in [0.4, 0.5) is 5.82 Å². The van der Waals surface area contributed by atoms with Crippen molar-refractivity contribution in [3.8, 4) is 17.1 Å². The van der Waals surface area contributed by atoms with Crippen LogP contribution in [0.2, 0.25) is 0 Å². The minimum absolute atomic E-state index is 0.290. The van der Waals surface area contributed by atoms with Gasteiger partial charge in [-0.3, -0.25) is 4.68 Å². The van der Waals surface area contributed by atoms with Crippen LogP contribution in [0.15, 0.2) is 18.3 Å². The van der Waals surface area contributed by atoms with Crippen LogP contribution in [0, 0.1) is 0 Å². The molecule has 0 aliphatic carbocycles. The molecule has 0 atom stereocenters. The molecule has 96 valence electrons. The first-order valence-electron chi connectivity index (χ1n) is 5.88. The molecule has 2 heterocycles. The third-order valence-electron chi connectivity index (χ3n) is 2.93. The third-order valence-corrected chi connectivity index (χ3v) is 2.93. The van der Waals surface area contributed by atoms with E-state index in [1.54, 1.807) is 18.0 Å². The molecule has 0 saturated heterocycles. The number of nitrogens with two attached hydrogens (primary N) is 1. The highest BCUT2D eigenvalue weighted by Crippen LogP contribution is 2.35. The highest BCUT2D eigenvalue weighted by Gasteiger charge is 2.20. The summed E-state index contributed by atoms with van der Waals surface area (Å²) in [5.74, 6) is 1.54. The number of pyridine rings is 1. The van der Waals surface area contributed by atoms with Crippen LogP contribution >= 0.6 is 0 Å². The molecule has 0 radical (unpaired) electrons. The summed E-state index contributed by atoms with van der Waals surface area (Å²) >= 11 is 0. The SMILES string of the molecule is COc1ncccc1-c1nn(C)c(N)c1C(C)C. The number of hydrogen-bond donors (Lipinski definition) is 1. The zero-order chi connectivity index (χ0) is 13.3. The van der Waals surface area contributed by atoms with E-state index in [-0.39, 0.29) is 0 Å². The Balaban J connectivity index is 2.67. The average molecular weight is 246 g/mol. The van der Waals surface area contributed by atoms with Crippen LogP contribution in [0.5, 0.6) is 5.88 Å². The van der Waals surface area contributed by atoms with Crippen LogP contribution in [-0.2, 0) is 7.05 Å². The summed E-state index contributed by atoms with van der Waals surface area (Å²) in [6.45, 7) is 4.19. The summed E-state index contributed by atoms with van der Waals surface area (Å²) < 4.78 is 6.97. The molecule has 2 aromatic rings. The molecule has 5 heteroatoms. The number of aromatic nitrogens is 3. The van der Waals surface area contributed by atoms with Crippen molar-refractivity contribution in [1.29, 1.82) is 0 Å². The first-order chi connectivity index (χ1) is 8.56. The Morgan fingerprint density at radius 3 is 2.72 bits per heavy atom. The van der Waals surface area contributed by atoms with Gasteiger partial charge in [-0.25, -0.2) is 4.98 Å². The van der Waals surface area contributed by atoms with Crippen molar-refractivity contribution >= 4 is 5.82 Å². The van der Waals surface area contributed by atoms with Gasteiger partial charge in [0.2, 0.25) is 5.88 Å². The number of anilines is 1. The lowest BCUT2D eigenvalue weighted by Gasteiger charge is -2.09. The third kappa shape index (κ3) is 1.92. The predicted octanol–water partition coefficient (Wildman–Crippen LogP) is 2.20. The normalized spacial score (nSPS) is 10.9. The van der Waals surface area contributed by atoms with Gasteiger partial charge in [-0.05, 0) is 18.1 Å². The van der Waals surface area contributed by atoms with Crippen molar-refractivity contribution in [1.82, 2.24) is 14.8 Å². The Morgan fingerprint density at radius 1 is 1.39 bits per heavy atom. The molecular weight excluding hydrogens is 228 g/mol. The largest absolute Gasteiger partial charge is 0.481 e. The molecule has 2 rings (SSSR count). The summed E-state index contributed by atoms with van der Waals surface area (Å²) in [5, 5.41) is 4.48. The maximum Gasteiger partial charge on any atom is 0.222 e. The van der Waals surface area contributed by atoms with E-state index in [9.17, 15) is 0 Å². The number of nitrogen functional groups attached to an aromatic ring is 1. The van der Waals surface area contributed by atoms with E-state index in [1.807, 2.05) is 19.2 Å². The number of methoxy groups -OCH3 is 1. The summed E-state index contributed by atoms with van der Waals surface area (Å²) in [6, 6.07) is 3.81. The highest BCUT2D eigenvalue weighted by atomic mass is 16.5. The van der Waals surface area contributed by atoms with E-state index in [0.29, 0.717) is 17.6 Å². The Bertz CT molecular complexity index is 560. The highest BCUT2D eigenvalue weighted by molar-refractivity contribution is 5.72. The molecule has 0 aliphatic heterocycles. The molecule has 0 saturated carbocycles. The molecule has 0 spiro atoms. The lowest BCUT2D eigenvalue weighted by atomic mass is 9.99. The number of hydrogen-bond acceptors (Lipinski definition) is 4. The van der Waals surface area contributed by atoms with Gasteiger partial charge in [0.15, 0.2) is 0 Å². The van der Waals surface area contributed by atoms with Crippen molar-refractivity contribution in [2.75, 3.05) is 12.8 Å². The fourth-order valence-corrected chi connectivity index (χ4v) is 2.06. The Morgan fingerprint density at radius 2 is 2.11 bits per heavy atom. The number of nitrogens with zero attached hydrogens (tertiary/aromatic N) is 3. The second kappa shape index (κ2) is 4.68. The first kappa shape index (κ1) is 12.4. The molecule has 0 fully saturated rings. The minimum atomic E-state index is 0.290. The Kier molecular flexibility index (Phi) is 3.23. The van der Waals surface area contributed by atoms with Crippen molar-refractivity contribution in [3.63, 3.8) is 0 Å². The summed E-state index contributed by atoms with van der Waals surface area (Å²) in [6.07, 6.45) is 1.70. The molecule has 0 aliphatic rings. The minimum Gasteiger partial charge on any atom is -0.481 e. The monoisotopic (exact) mass is 246 g/mol. The Hall–Kier alpha value is -2.04. The lowest BCUT2D eigenvalue weighted by molar-refractivity contribution is 0.399. The summed E-state index contributed by atoms with van der Waals surface area (Å²) in [5.41, 5.74) is 8.82. The van der Waals surface area contributed by atoms with Crippen LogP contribution < -0.4 is 10.5 Å². The topological polar surface area (TPSA) is 66.0 Å². The molecule has 2 aromatic heterocycles. The van der Waals surface area contributed by atoms with Gasteiger partial charge in [-0.15, -0.1) is 0 Å². The molecule has 0 unspecified atom stereocenters. The van der Waals surface area contributed by atoms with Gasteiger partial charge >= 0.3 is 0 Å². The van der Waals surface area contributed by atoms with E-state index in [2.05, 4.69) is 23.9 Å². The van der Waals surface area contributed by atoms with Gasteiger partial charge < -0.3 is 10.5 Å². The zero-order valence-corrected chi connectivity index (χ0v) is 11.1. The van der Waals surface area contributed by atoms with Crippen LogP contribution in [0.1, 0.15) is 25.3 Å². The zero-order valence-electron chi connectivity index (χ0n) is 11.1. The maximum atomic E-state index is 6.07. The van der Waals surface area contributed by atoms with Crippen molar-refractivity contribution in [2.45, 2.75) is 19.8 Å². The van der Waals surface area contributed by atoms with Gasteiger partial charge in [-0.1, -0.05) is 13.8 Å². The quantitative estimate of drug-likeness (QED) is 0.901. The van der Waals surface area contributed by atoms with E-state index in [4.69, 9.17) is 10.5 Å². The second-order valence-electron chi connectivity index (χ2n) is 4.49. The molecular formula is C13H18N4O. The molecule has 2 N–H and O–H groups in total. The van der Waals surface area contributed by atoms with Gasteiger partial charge in [0.1, 0.15) is 11.5 Å². The van der Waals surface area contributed by atoms with E-state index in [0.717, 1.165) is 16.8 Å². The van der Waals surface area contributed by atoms with Gasteiger partial charge in [-0.2, -0.15) is 5.10 Å². The molecule has 0 aromatic carbocycles. The van der Waals surface area contributed by atoms with Gasteiger partial charge in [0.25, 0.3) is 0 Å². The fourth-order valence-electron chi connectivity index (χ4n) is 2.06. The second-order valence-corrected chi connectivity index (χ2v) is 4.49. The van der Waals surface area contributed by atoms with Crippen molar-refractivity contribution in [3.05, 3.63) is 23.9 Å². The summed E-state index contributed by atoms with van der Waals surface area (Å²) in [7, 11) is 3.45. The van der Waals surface area contributed by atoms with Crippen LogP contribution in [-0.4, -0.2) is 21.9 Å². The average Bonchev–Trinajstić information content (AvgIpc) is 2.65. The standard InChI is InChI=1S/C13H18N4O/c1-8(2)10-11(16-17(3)12(10)14)9-6-5-7-15-13(9)18-4/h5-8H,14H2,1-4H3. The summed E-state index contributed by atoms with van der Waals surface area (Å²) in [4.78, 5) is 4.20.